The summed E-state index contributed by atoms with van der Waals surface area (Å²) < 4.78 is 15.0. The molecule has 0 aliphatic rings. The lowest BCUT2D eigenvalue weighted by molar-refractivity contribution is 0.630. The van der Waals surface area contributed by atoms with Gasteiger partial charge in [0, 0.05) is 22.1 Å². The summed E-state index contributed by atoms with van der Waals surface area (Å²) in [5, 5.41) is 3.27. The maximum absolute atomic E-state index is 14.4. The maximum atomic E-state index is 14.4. The van der Waals surface area contributed by atoms with Crippen LogP contribution >= 0.6 is 27.5 Å². The SMILES string of the molecule is CCCc1c(NCC)ncnc1-c1ccc(Br)c(Cl)c1F. The van der Waals surface area contributed by atoms with Crippen LogP contribution < -0.4 is 5.32 Å². The summed E-state index contributed by atoms with van der Waals surface area (Å²) in [4.78, 5) is 8.53. The Morgan fingerprint density at radius 1 is 1.29 bits per heavy atom. The standard InChI is InChI=1S/C15H16BrClFN3/c1-3-5-10-14(20-8-21-15(10)19-4-2)9-6-7-11(16)12(17)13(9)18/h6-8H,3-5H2,1-2H3,(H,19,20,21). The lowest BCUT2D eigenvalue weighted by atomic mass is 10.0. The van der Waals surface area contributed by atoms with E-state index in [-0.39, 0.29) is 5.02 Å². The van der Waals surface area contributed by atoms with Crippen LogP contribution in [0.5, 0.6) is 0 Å². The number of hydrogen-bond acceptors (Lipinski definition) is 3. The first-order chi connectivity index (χ1) is 10.1. The van der Waals surface area contributed by atoms with Crippen LogP contribution in [0.2, 0.25) is 5.02 Å². The van der Waals surface area contributed by atoms with Gasteiger partial charge >= 0.3 is 0 Å². The van der Waals surface area contributed by atoms with Crippen molar-refractivity contribution in [2.24, 2.45) is 0 Å². The number of hydrogen-bond donors (Lipinski definition) is 1. The summed E-state index contributed by atoms with van der Waals surface area (Å²) in [7, 11) is 0. The molecule has 21 heavy (non-hydrogen) atoms. The normalized spacial score (nSPS) is 10.7. The quantitative estimate of drug-likeness (QED) is 0.743. The average Bonchev–Trinajstić information content (AvgIpc) is 2.48. The van der Waals surface area contributed by atoms with Gasteiger partial charge < -0.3 is 5.32 Å². The van der Waals surface area contributed by atoms with Crippen LogP contribution in [0, 0.1) is 5.82 Å². The van der Waals surface area contributed by atoms with Gasteiger partial charge in [0.05, 0.1) is 10.7 Å². The van der Waals surface area contributed by atoms with E-state index in [1.54, 1.807) is 12.1 Å². The third-order valence-corrected chi connectivity index (χ3v) is 4.34. The summed E-state index contributed by atoms with van der Waals surface area (Å²) >= 11 is 9.21. The zero-order valence-corrected chi connectivity index (χ0v) is 14.2. The van der Waals surface area contributed by atoms with Gasteiger partial charge in [-0.25, -0.2) is 14.4 Å². The molecule has 0 aliphatic carbocycles. The smallest absolute Gasteiger partial charge is 0.152 e. The lowest BCUT2D eigenvalue weighted by Crippen LogP contribution is -2.07. The summed E-state index contributed by atoms with van der Waals surface area (Å²) in [5.41, 5.74) is 1.90. The van der Waals surface area contributed by atoms with E-state index in [1.807, 2.05) is 6.92 Å². The van der Waals surface area contributed by atoms with Crippen LogP contribution in [0.4, 0.5) is 10.2 Å². The van der Waals surface area contributed by atoms with Gasteiger partial charge in [-0.15, -0.1) is 0 Å². The number of benzene rings is 1. The number of anilines is 1. The number of rotatable bonds is 5. The molecule has 0 radical (unpaired) electrons. The third-order valence-electron chi connectivity index (χ3n) is 3.08. The molecule has 0 saturated carbocycles. The lowest BCUT2D eigenvalue weighted by Gasteiger charge is -2.14. The van der Waals surface area contributed by atoms with Crippen molar-refractivity contribution in [2.75, 3.05) is 11.9 Å². The average molecular weight is 373 g/mol. The van der Waals surface area contributed by atoms with Gasteiger partial charge in [-0.3, -0.25) is 0 Å². The minimum Gasteiger partial charge on any atom is -0.370 e. The zero-order valence-electron chi connectivity index (χ0n) is 11.9. The van der Waals surface area contributed by atoms with E-state index >= 15 is 0 Å². The van der Waals surface area contributed by atoms with E-state index in [0.29, 0.717) is 15.7 Å². The molecule has 112 valence electrons. The van der Waals surface area contributed by atoms with Gasteiger partial charge in [-0.2, -0.15) is 0 Å². The van der Waals surface area contributed by atoms with Gasteiger partial charge in [0.15, 0.2) is 5.82 Å². The topological polar surface area (TPSA) is 37.8 Å². The van der Waals surface area contributed by atoms with E-state index in [0.717, 1.165) is 30.8 Å². The molecule has 1 heterocycles. The molecule has 6 heteroatoms. The largest absolute Gasteiger partial charge is 0.370 e. The van der Waals surface area contributed by atoms with Crippen LogP contribution in [-0.2, 0) is 6.42 Å². The molecule has 0 amide bonds. The van der Waals surface area contributed by atoms with E-state index in [4.69, 9.17) is 11.6 Å². The van der Waals surface area contributed by atoms with Crippen LogP contribution in [-0.4, -0.2) is 16.5 Å². The molecule has 0 atom stereocenters. The highest BCUT2D eigenvalue weighted by Gasteiger charge is 2.18. The Balaban J connectivity index is 2.63. The highest BCUT2D eigenvalue weighted by molar-refractivity contribution is 9.10. The highest BCUT2D eigenvalue weighted by atomic mass is 79.9. The molecule has 2 aromatic rings. The molecule has 0 aliphatic heterocycles. The fraction of sp³-hybridized carbons (Fsp3) is 0.333. The predicted molar refractivity (Wildman–Crippen MR) is 88.3 cm³/mol. The van der Waals surface area contributed by atoms with E-state index < -0.39 is 5.82 Å². The van der Waals surface area contributed by atoms with Crippen molar-refractivity contribution in [3.05, 3.63) is 39.3 Å². The fourth-order valence-corrected chi connectivity index (χ4v) is 2.63. The van der Waals surface area contributed by atoms with Crippen molar-refractivity contribution >= 4 is 33.3 Å². The first-order valence-corrected chi connectivity index (χ1v) is 7.98. The van der Waals surface area contributed by atoms with Crippen molar-refractivity contribution in [1.29, 1.82) is 0 Å². The number of nitrogens with one attached hydrogen (secondary N) is 1. The van der Waals surface area contributed by atoms with Crippen molar-refractivity contribution < 1.29 is 4.39 Å². The maximum Gasteiger partial charge on any atom is 0.152 e. The van der Waals surface area contributed by atoms with Crippen LogP contribution in [0.15, 0.2) is 22.9 Å². The number of nitrogens with zero attached hydrogens (tertiary/aromatic N) is 2. The molecule has 2 rings (SSSR count). The van der Waals surface area contributed by atoms with Crippen molar-refractivity contribution in [3.63, 3.8) is 0 Å². The Morgan fingerprint density at radius 3 is 2.71 bits per heavy atom. The predicted octanol–water partition coefficient (Wildman–Crippen LogP) is 5.08. The monoisotopic (exact) mass is 371 g/mol. The third kappa shape index (κ3) is 3.35. The van der Waals surface area contributed by atoms with Crippen molar-refractivity contribution in [2.45, 2.75) is 26.7 Å². The molecule has 3 nitrogen and oxygen atoms in total. The molecule has 0 unspecified atom stereocenters. The van der Waals surface area contributed by atoms with Gasteiger partial charge in [-0.1, -0.05) is 24.9 Å². The molecule has 1 N–H and O–H groups in total. The van der Waals surface area contributed by atoms with Gasteiger partial charge in [0.1, 0.15) is 12.1 Å². The summed E-state index contributed by atoms with van der Waals surface area (Å²) in [6.07, 6.45) is 3.14. The zero-order chi connectivity index (χ0) is 15.4. The Hall–Kier alpha value is -1.20. The molecule has 1 aromatic carbocycles. The minimum atomic E-state index is -0.468. The highest BCUT2D eigenvalue weighted by Crippen LogP contribution is 2.35. The molecule has 1 aromatic heterocycles. The second kappa shape index (κ2) is 7.18. The van der Waals surface area contributed by atoms with Crippen LogP contribution in [0.25, 0.3) is 11.3 Å². The summed E-state index contributed by atoms with van der Waals surface area (Å²) in [5.74, 6) is 0.285. The second-order valence-corrected chi connectivity index (χ2v) is 5.78. The first-order valence-electron chi connectivity index (χ1n) is 6.81. The van der Waals surface area contributed by atoms with Crippen molar-refractivity contribution in [3.8, 4) is 11.3 Å². The van der Waals surface area contributed by atoms with E-state index in [9.17, 15) is 4.39 Å². The second-order valence-electron chi connectivity index (χ2n) is 4.55. The molecule has 0 fully saturated rings. The molecule has 0 saturated heterocycles. The Kier molecular flexibility index (Phi) is 5.53. The Bertz CT molecular complexity index is 649. The number of halogens is 3. The Morgan fingerprint density at radius 2 is 2.05 bits per heavy atom. The van der Waals surface area contributed by atoms with Gasteiger partial charge in [0.2, 0.25) is 0 Å². The van der Waals surface area contributed by atoms with E-state index in [1.165, 1.54) is 6.33 Å². The van der Waals surface area contributed by atoms with Crippen molar-refractivity contribution in [1.82, 2.24) is 9.97 Å². The first kappa shape index (κ1) is 16.2. The molecule has 0 bridgehead atoms. The fourth-order valence-electron chi connectivity index (χ4n) is 2.16. The Labute approximate surface area is 137 Å². The summed E-state index contributed by atoms with van der Waals surface area (Å²) in [6.45, 7) is 4.81. The molecule has 0 spiro atoms. The minimum absolute atomic E-state index is 0.0681. The van der Waals surface area contributed by atoms with E-state index in [2.05, 4.69) is 38.1 Å². The number of aromatic nitrogens is 2. The molecular formula is C15H16BrClFN3. The van der Waals surface area contributed by atoms with Gasteiger partial charge in [-0.05, 0) is 41.4 Å². The van der Waals surface area contributed by atoms with Crippen LogP contribution in [0.1, 0.15) is 25.8 Å². The molecular weight excluding hydrogens is 357 g/mol. The van der Waals surface area contributed by atoms with Gasteiger partial charge in [0.25, 0.3) is 0 Å². The summed E-state index contributed by atoms with van der Waals surface area (Å²) in [6, 6.07) is 3.41. The van der Waals surface area contributed by atoms with Crippen LogP contribution in [0.3, 0.4) is 0 Å².